The number of ether oxygens (including phenoxy) is 1. The highest BCUT2D eigenvalue weighted by molar-refractivity contribution is 6.31. The SMILES string of the molecule is COc1c(CCl)ccnc1Cl. The van der Waals surface area contributed by atoms with Gasteiger partial charge in [-0.15, -0.1) is 11.6 Å². The quantitative estimate of drug-likeness (QED) is 0.530. The van der Waals surface area contributed by atoms with Gasteiger partial charge >= 0.3 is 0 Å². The molecule has 0 bridgehead atoms. The summed E-state index contributed by atoms with van der Waals surface area (Å²) in [6.07, 6.45) is 1.60. The molecule has 60 valence electrons. The molecule has 1 heterocycles. The van der Waals surface area contributed by atoms with Crippen molar-refractivity contribution in [1.29, 1.82) is 0 Å². The Morgan fingerprint density at radius 2 is 2.36 bits per heavy atom. The van der Waals surface area contributed by atoms with E-state index in [1.165, 1.54) is 0 Å². The van der Waals surface area contributed by atoms with Crippen LogP contribution in [0.3, 0.4) is 0 Å². The van der Waals surface area contributed by atoms with Crippen molar-refractivity contribution >= 4 is 23.2 Å². The van der Waals surface area contributed by atoms with Gasteiger partial charge in [-0.2, -0.15) is 0 Å². The topological polar surface area (TPSA) is 22.1 Å². The lowest BCUT2D eigenvalue weighted by molar-refractivity contribution is 0.409. The minimum absolute atomic E-state index is 0.352. The molecule has 2 nitrogen and oxygen atoms in total. The number of rotatable bonds is 2. The van der Waals surface area contributed by atoms with Gasteiger partial charge in [0, 0.05) is 11.8 Å². The lowest BCUT2D eigenvalue weighted by Gasteiger charge is -2.05. The van der Waals surface area contributed by atoms with Gasteiger partial charge in [-0.25, -0.2) is 4.98 Å². The van der Waals surface area contributed by atoms with Crippen molar-refractivity contribution in [3.63, 3.8) is 0 Å². The van der Waals surface area contributed by atoms with Crippen molar-refractivity contribution in [2.45, 2.75) is 5.88 Å². The van der Waals surface area contributed by atoms with Crippen LogP contribution in [0.25, 0.3) is 0 Å². The zero-order chi connectivity index (χ0) is 8.27. The molecule has 0 saturated heterocycles. The number of hydrogen-bond acceptors (Lipinski definition) is 2. The largest absolute Gasteiger partial charge is 0.493 e. The Morgan fingerprint density at radius 1 is 1.64 bits per heavy atom. The summed E-state index contributed by atoms with van der Waals surface area (Å²) in [6.45, 7) is 0. The summed E-state index contributed by atoms with van der Waals surface area (Å²) in [5.74, 6) is 0.940. The molecule has 0 spiro atoms. The molecular weight excluding hydrogens is 185 g/mol. The Bertz CT molecular complexity index is 252. The van der Waals surface area contributed by atoms with E-state index in [4.69, 9.17) is 27.9 Å². The summed E-state index contributed by atoms with van der Waals surface area (Å²) in [5, 5.41) is 0.352. The van der Waals surface area contributed by atoms with Crippen molar-refractivity contribution in [3.8, 4) is 5.75 Å². The molecule has 1 aromatic heterocycles. The predicted molar refractivity (Wildman–Crippen MR) is 45.4 cm³/mol. The molecular formula is C7H7Cl2NO. The smallest absolute Gasteiger partial charge is 0.171 e. The summed E-state index contributed by atoms with van der Waals surface area (Å²) < 4.78 is 4.99. The second kappa shape index (κ2) is 3.79. The van der Waals surface area contributed by atoms with Crippen LogP contribution in [-0.2, 0) is 5.88 Å². The summed E-state index contributed by atoms with van der Waals surface area (Å²) in [7, 11) is 1.54. The first-order chi connectivity index (χ1) is 5.29. The number of hydrogen-bond donors (Lipinski definition) is 0. The Morgan fingerprint density at radius 3 is 2.82 bits per heavy atom. The van der Waals surface area contributed by atoms with Crippen LogP contribution in [0.5, 0.6) is 5.75 Å². The molecule has 4 heteroatoms. The average Bonchev–Trinajstić information content (AvgIpc) is 2.04. The van der Waals surface area contributed by atoms with Crippen molar-refractivity contribution in [3.05, 3.63) is 23.0 Å². The van der Waals surface area contributed by atoms with Crippen molar-refractivity contribution in [2.75, 3.05) is 7.11 Å². The number of pyridine rings is 1. The van der Waals surface area contributed by atoms with Crippen LogP contribution in [0.15, 0.2) is 12.3 Å². The van der Waals surface area contributed by atoms with Crippen molar-refractivity contribution in [1.82, 2.24) is 4.98 Å². The van der Waals surface area contributed by atoms with Gasteiger partial charge < -0.3 is 4.74 Å². The fraction of sp³-hybridized carbons (Fsp3) is 0.286. The lowest BCUT2D eigenvalue weighted by Crippen LogP contribution is -1.91. The van der Waals surface area contributed by atoms with Crippen molar-refractivity contribution in [2.24, 2.45) is 0 Å². The van der Waals surface area contributed by atoms with Gasteiger partial charge in [0.2, 0.25) is 0 Å². The highest BCUT2D eigenvalue weighted by atomic mass is 35.5. The fourth-order valence-corrected chi connectivity index (χ4v) is 1.25. The highest BCUT2D eigenvalue weighted by Gasteiger charge is 2.05. The highest BCUT2D eigenvalue weighted by Crippen LogP contribution is 2.26. The Hall–Kier alpha value is -0.470. The van der Waals surface area contributed by atoms with Crippen LogP contribution in [0.2, 0.25) is 5.15 Å². The van der Waals surface area contributed by atoms with E-state index in [9.17, 15) is 0 Å². The molecule has 0 unspecified atom stereocenters. The van der Waals surface area contributed by atoms with Crippen LogP contribution in [0.1, 0.15) is 5.56 Å². The summed E-state index contributed by atoms with van der Waals surface area (Å²) in [4.78, 5) is 3.84. The molecule has 0 aromatic carbocycles. The van der Waals surface area contributed by atoms with E-state index in [1.807, 2.05) is 0 Å². The molecule has 1 rings (SSSR count). The number of nitrogens with zero attached hydrogens (tertiary/aromatic N) is 1. The van der Waals surface area contributed by atoms with Gasteiger partial charge in [0.25, 0.3) is 0 Å². The van der Waals surface area contributed by atoms with E-state index in [-0.39, 0.29) is 0 Å². The van der Waals surface area contributed by atoms with E-state index in [0.29, 0.717) is 16.8 Å². The normalized spacial score (nSPS) is 9.73. The molecule has 1 aromatic rings. The first kappa shape index (κ1) is 8.62. The molecule has 0 radical (unpaired) electrons. The summed E-state index contributed by atoms with van der Waals surface area (Å²) in [6, 6.07) is 1.78. The number of halogens is 2. The minimum Gasteiger partial charge on any atom is -0.493 e. The summed E-state index contributed by atoms with van der Waals surface area (Å²) >= 11 is 11.3. The van der Waals surface area contributed by atoms with Crippen LogP contribution in [0, 0.1) is 0 Å². The molecule has 0 aliphatic heterocycles. The van der Waals surface area contributed by atoms with Gasteiger partial charge in [0.05, 0.1) is 13.0 Å². The van der Waals surface area contributed by atoms with E-state index < -0.39 is 0 Å². The third-order valence-corrected chi connectivity index (χ3v) is 1.85. The summed E-state index contributed by atoms with van der Waals surface area (Å²) in [5.41, 5.74) is 0.856. The van der Waals surface area contributed by atoms with Gasteiger partial charge in [-0.3, -0.25) is 0 Å². The van der Waals surface area contributed by atoms with Gasteiger partial charge in [0.15, 0.2) is 10.9 Å². The number of alkyl halides is 1. The van der Waals surface area contributed by atoms with Gasteiger partial charge in [-0.1, -0.05) is 11.6 Å². The maximum atomic E-state index is 5.71. The van der Waals surface area contributed by atoms with E-state index in [1.54, 1.807) is 19.4 Å². The number of methoxy groups -OCH3 is 1. The third-order valence-electron chi connectivity index (χ3n) is 1.29. The molecule has 0 fully saturated rings. The Kier molecular flexibility index (Phi) is 2.97. The predicted octanol–water partition coefficient (Wildman–Crippen LogP) is 2.48. The lowest BCUT2D eigenvalue weighted by atomic mass is 10.3. The minimum atomic E-state index is 0.352. The third kappa shape index (κ3) is 1.76. The maximum Gasteiger partial charge on any atom is 0.171 e. The molecule has 0 aliphatic carbocycles. The number of aromatic nitrogens is 1. The molecule has 0 N–H and O–H groups in total. The van der Waals surface area contributed by atoms with E-state index >= 15 is 0 Å². The molecule has 0 aliphatic rings. The first-order valence-electron chi connectivity index (χ1n) is 3.03. The van der Waals surface area contributed by atoms with Crippen LogP contribution < -0.4 is 4.74 Å². The zero-order valence-corrected chi connectivity index (χ0v) is 7.49. The van der Waals surface area contributed by atoms with Gasteiger partial charge in [-0.05, 0) is 6.07 Å². The molecule has 11 heavy (non-hydrogen) atoms. The van der Waals surface area contributed by atoms with E-state index in [0.717, 1.165) is 5.56 Å². The van der Waals surface area contributed by atoms with Gasteiger partial charge in [0.1, 0.15) is 0 Å². The standard InChI is InChI=1S/C7H7Cl2NO/c1-11-6-5(4-8)2-3-10-7(6)9/h2-3H,4H2,1H3. The van der Waals surface area contributed by atoms with Crippen LogP contribution in [0.4, 0.5) is 0 Å². The maximum absolute atomic E-state index is 5.71. The molecule has 0 saturated carbocycles. The second-order valence-electron chi connectivity index (χ2n) is 1.93. The first-order valence-corrected chi connectivity index (χ1v) is 3.94. The Labute approximate surface area is 75.1 Å². The van der Waals surface area contributed by atoms with Crippen LogP contribution >= 0.6 is 23.2 Å². The second-order valence-corrected chi connectivity index (χ2v) is 2.55. The fourth-order valence-electron chi connectivity index (χ4n) is 0.780. The van der Waals surface area contributed by atoms with Crippen LogP contribution in [-0.4, -0.2) is 12.1 Å². The van der Waals surface area contributed by atoms with Crippen molar-refractivity contribution < 1.29 is 4.74 Å². The molecule has 0 amide bonds. The monoisotopic (exact) mass is 191 g/mol. The molecule has 0 atom stereocenters. The zero-order valence-electron chi connectivity index (χ0n) is 5.97. The van der Waals surface area contributed by atoms with E-state index in [2.05, 4.69) is 4.98 Å². The Balaban J connectivity index is 3.13. The average molecular weight is 192 g/mol.